The number of nitro groups is 1. The lowest BCUT2D eigenvalue weighted by atomic mass is 10.1. The number of aromatic nitrogens is 1. The van der Waals surface area contributed by atoms with Gasteiger partial charge in [0, 0.05) is 24.2 Å². The lowest BCUT2D eigenvalue weighted by Crippen LogP contribution is -2.41. The zero-order valence-corrected chi connectivity index (χ0v) is 17.2. The number of ether oxygens (including phenoxy) is 1. The minimum atomic E-state index is -0.937. The Morgan fingerprint density at radius 2 is 1.84 bits per heavy atom. The lowest BCUT2D eigenvalue weighted by Gasteiger charge is -2.14. The fourth-order valence-corrected chi connectivity index (χ4v) is 2.96. The number of hydrogen-bond donors (Lipinski definition) is 2. The molecule has 0 unspecified atom stereocenters. The van der Waals surface area contributed by atoms with Crippen molar-refractivity contribution in [3.05, 3.63) is 92.6 Å². The third-order valence-electron chi connectivity index (χ3n) is 4.45. The largest absolute Gasteiger partial charge is 0.439 e. The standard InChI is InChI=1S/C21H17ClF2N4O4/c22-20-15(16(23)6-7-17(20)24)11-27-21(29)18(25)9-12-1-4-14(5-2-12)32-19-8-3-13(10-26-19)28(30)31/h1-8,10,18H,9,11,25H2,(H,27,29)/t18-/m0/s1. The number of carbonyl (C=O) groups excluding carboxylic acids is 1. The SMILES string of the molecule is N[C@@H](Cc1ccc(Oc2ccc([N+](=O)[O-])cn2)cc1)C(=O)NCc1c(F)ccc(F)c1Cl. The molecule has 1 atom stereocenters. The minimum Gasteiger partial charge on any atom is -0.439 e. The smallest absolute Gasteiger partial charge is 0.287 e. The molecule has 3 N–H and O–H groups in total. The number of nitrogens with zero attached hydrogens (tertiary/aromatic N) is 2. The van der Waals surface area contributed by atoms with Crippen LogP contribution in [0, 0.1) is 21.7 Å². The van der Waals surface area contributed by atoms with Crippen LogP contribution in [0.1, 0.15) is 11.1 Å². The summed E-state index contributed by atoms with van der Waals surface area (Å²) in [5.41, 5.74) is 6.33. The molecule has 0 radical (unpaired) electrons. The van der Waals surface area contributed by atoms with Crippen molar-refractivity contribution in [1.82, 2.24) is 10.3 Å². The van der Waals surface area contributed by atoms with E-state index in [1.165, 1.54) is 12.1 Å². The summed E-state index contributed by atoms with van der Waals surface area (Å²) in [6.45, 7) is -0.302. The predicted molar refractivity (Wildman–Crippen MR) is 112 cm³/mol. The summed E-state index contributed by atoms with van der Waals surface area (Å²) in [7, 11) is 0. The number of amides is 1. The molecule has 0 bridgehead atoms. The molecule has 1 heterocycles. The summed E-state index contributed by atoms with van der Waals surface area (Å²) in [5, 5.41) is 12.7. The van der Waals surface area contributed by atoms with Crippen LogP contribution in [0.2, 0.25) is 5.02 Å². The first-order chi connectivity index (χ1) is 15.2. The molecule has 8 nitrogen and oxygen atoms in total. The Morgan fingerprint density at radius 1 is 1.16 bits per heavy atom. The molecule has 0 saturated heterocycles. The Bertz CT molecular complexity index is 1130. The molecule has 3 aromatic rings. The monoisotopic (exact) mass is 462 g/mol. The molecule has 1 amide bonds. The number of halogens is 3. The molecule has 0 spiro atoms. The van der Waals surface area contributed by atoms with Crippen molar-refractivity contribution in [2.75, 3.05) is 0 Å². The molecule has 0 saturated carbocycles. The molecule has 0 aliphatic heterocycles. The third kappa shape index (κ3) is 5.74. The van der Waals surface area contributed by atoms with Crippen LogP contribution < -0.4 is 15.8 Å². The molecule has 3 rings (SSSR count). The zero-order valence-electron chi connectivity index (χ0n) is 16.4. The van der Waals surface area contributed by atoms with E-state index < -0.39 is 33.5 Å². The summed E-state index contributed by atoms with van der Waals surface area (Å²) in [4.78, 5) is 26.2. The Labute approximate surface area is 186 Å². The van der Waals surface area contributed by atoms with Crippen LogP contribution in [0.15, 0.2) is 54.7 Å². The van der Waals surface area contributed by atoms with E-state index in [0.29, 0.717) is 5.75 Å². The van der Waals surface area contributed by atoms with Gasteiger partial charge in [0.15, 0.2) is 0 Å². The summed E-state index contributed by atoms with van der Waals surface area (Å²) < 4.78 is 32.8. The number of benzene rings is 2. The van der Waals surface area contributed by atoms with Gasteiger partial charge in [-0.1, -0.05) is 23.7 Å². The summed E-state index contributed by atoms with van der Waals surface area (Å²) in [6.07, 6.45) is 1.27. The Hall–Kier alpha value is -3.63. The number of nitrogens with one attached hydrogen (secondary N) is 1. The highest BCUT2D eigenvalue weighted by atomic mass is 35.5. The van der Waals surface area contributed by atoms with E-state index in [-0.39, 0.29) is 30.1 Å². The van der Waals surface area contributed by atoms with Gasteiger partial charge in [-0.25, -0.2) is 13.8 Å². The van der Waals surface area contributed by atoms with Crippen LogP contribution in [0.25, 0.3) is 0 Å². The van der Waals surface area contributed by atoms with Crippen molar-refractivity contribution in [2.24, 2.45) is 5.73 Å². The molecule has 0 fully saturated rings. The molecule has 11 heteroatoms. The first-order valence-corrected chi connectivity index (χ1v) is 9.65. The number of pyridine rings is 1. The fourth-order valence-electron chi connectivity index (χ4n) is 2.74. The number of hydrogen-bond acceptors (Lipinski definition) is 6. The quantitative estimate of drug-likeness (QED) is 0.297. The zero-order chi connectivity index (χ0) is 23.3. The maximum atomic E-state index is 13.8. The van der Waals surface area contributed by atoms with Crippen molar-refractivity contribution in [3.8, 4) is 11.6 Å². The van der Waals surface area contributed by atoms with Crippen molar-refractivity contribution in [2.45, 2.75) is 19.0 Å². The molecular weight excluding hydrogens is 446 g/mol. The van der Waals surface area contributed by atoms with Crippen molar-refractivity contribution in [1.29, 1.82) is 0 Å². The molecule has 0 aliphatic carbocycles. The third-order valence-corrected chi connectivity index (χ3v) is 4.86. The van der Waals surface area contributed by atoms with E-state index in [1.807, 2.05) is 0 Å². The highest BCUT2D eigenvalue weighted by Crippen LogP contribution is 2.23. The van der Waals surface area contributed by atoms with Gasteiger partial charge in [-0.05, 0) is 36.2 Å². The maximum Gasteiger partial charge on any atom is 0.287 e. The number of rotatable bonds is 8. The van der Waals surface area contributed by atoms with Gasteiger partial charge < -0.3 is 15.8 Å². The molecule has 0 aliphatic rings. The van der Waals surface area contributed by atoms with Crippen LogP contribution >= 0.6 is 11.6 Å². The first kappa shape index (κ1) is 23.0. The maximum absolute atomic E-state index is 13.8. The normalized spacial score (nSPS) is 11.6. The highest BCUT2D eigenvalue weighted by molar-refractivity contribution is 6.31. The van der Waals surface area contributed by atoms with Crippen LogP contribution in [0.3, 0.4) is 0 Å². The van der Waals surface area contributed by atoms with E-state index >= 15 is 0 Å². The van der Waals surface area contributed by atoms with E-state index in [2.05, 4.69) is 10.3 Å². The van der Waals surface area contributed by atoms with Crippen molar-refractivity contribution in [3.63, 3.8) is 0 Å². The van der Waals surface area contributed by atoms with Gasteiger partial charge in [-0.3, -0.25) is 14.9 Å². The summed E-state index contributed by atoms with van der Waals surface area (Å²) in [5.74, 6) is -1.46. The van der Waals surface area contributed by atoms with E-state index in [9.17, 15) is 23.7 Å². The Balaban J connectivity index is 1.55. The average molecular weight is 463 g/mol. The Kier molecular flexibility index (Phi) is 7.29. The number of nitrogens with two attached hydrogens (primary N) is 1. The van der Waals surface area contributed by atoms with Gasteiger partial charge in [0.05, 0.1) is 16.0 Å². The molecule has 1 aromatic heterocycles. The average Bonchev–Trinajstić information content (AvgIpc) is 2.78. The summed E-state index contributed by atoms with van der Waals surface area (Å²) in [6, 6.07) is 10.2. The van der Waals surface area contributed by atoms with Crippen molar-refractivity contribution >= 4 is 23.2 Å². The molecular formula is C21H17ClF2N4O4. The van der Waals surface area contributed by atoms with Crippen LogP contribution in [0.4, 0.5) is 14.5 Å². The van der Waals surface area contributed by atoms with Crippen LogP contribution in [0.5, 0.6) is 11.6 Å². The van der Waals surface area contributed by atoms with E-state index in [1.54, 1.807) is 24.3 Å². The lowest BCUT2D eigenvalue weighted by molar-refractivity contribution is -0.385. The second-order valence-corrected chi connectivity index (χ2v) is 7.09. The van der Waals surface area contributed by atoms with Gasteiger partial charge in [-0.15, -0.1) is 0 Å². The second-order valence-electron chi connectivity index (χ2n) is 6.71. The topological polar surface area (TPSA) is 120 Å². The van der Waals surface area contributed by atoms with E-state index in [0.717, 1.165) is 23.9 Å². The van der Waals surface area contributed by atoms with Gasteiger partial charge in [0.25, 0.3) is 5.69 Å². The fraction of sp³-hybridized carbons (Fsp3) is 0.143. The molecule has 166 valence electrons. The molecule has 32 heavy (non-hydrogen) atoms. The summed E-state index contributed by atoms with van der Waals surface area (Å²) >= 11 is 5.74. The van der Waals surface area contributed by atoms with E-state index in [4.69, 9.17) is 22.1 Å². The predicted octanol–water partition coefficient (Wildman–Crippen LogP) is 3.90. The van der Waals surface area contributed by atoms with Crippen LogP contribution in [-0.4, -0.2) is 21.9 Å². The van der Waals surface area contributed by atoms with Gasteiger partial charge in [-0.2, -0.15) is 0 Å². The second kappa shape index (κ2) is 10.1. The first-order valence-electron chi connectivity index (χ1n) is 9.27. The van der Waals surface area contributed by atoms with Gasteiger partial charge in [0.2, 0.25) is 11.8 Å². The minimum absolute atomic E-state index is 0.151. The Morgan fingerprint density at radius 3 is 2.47 bits per heavy atom. The van der Waals surface area contributed by atoms with Gasteiger partial charge in [0.1, 0.15) is 23.6 Å². The molecule has 2 aromatic carbocycles. The highest BCUT2D eigenvalue weighted by Gasteiger charge is 2.17. The van der Waals surface area contributed by atoms with Crippen molar-refractivity contribution < 1.29 is 23.2 Å². The van der Waals surface area contributed by atoms with Gasteiger partial charge >= 0.3 is 0 Å². The van der Waals surface area contributed by atoms with Crippen LogP contribution in [-0.2, 0) is 17.8 Å². The number of carbonyl (C=O) groups is 1.